The van der Waals surface area contributed by atoms with Crippen molar-refractivity contribution in [1.29, 1.82) is 0 Å². The van der Waals surface area contributed by atoms with Crippen molar-refractivity contribution in [2.75, 3.05) is 35.2 Å². The summed E-state index contributed by atoms with van der Waals surface area (Å²) in [6, 6.07) is 21.2. The zero-order chi connectivity index (χ0) is 31.6. The highest BCUT2D eigenvalue weighted by atomic mass is 16.3. The number of anilines is 4. The van der Waals surface area contributed by atoms with E-state index >= 15 is 0 Å². The van der Waals surface area contributed by atoms with Crippen LogP contribution in [0.25, 0.3) is 11.3 Å². The molecule has 0 spiro atoms. The van der Waals surface area contributed by atoms with E-state index in [0.717, 1.165) is 41.2 Å². The maximum Gasteiger partial charge on any atom is 0.293 e. The minimum Gasteiger partial charge on any atom is -0.388 e. The van der Waals surface area contributed by atoms with E-state index in [-0.39, 0.29) is 29.2 Å². The number of benzene rings is 3. The number of aromatic nitrogens is 2. The van der Waals surface area contributed by atoms with Gasteiger partial charge in [-0.1, -0.05) is 45.0 Å². The number of amides is 1. The van der Waals surface area contributed by atoms with Gasteiger partial charge in [0.1, 0.15) is 0 Å². The monoisotopic (exact) mass is 594 g/mol. The summed E-state index contributed by atoms with van der Waals surface area (Å²) in [6.07, 6.45) is 2.96. The summed E-state index contributed by atoms with van der Waals surface area (Å²) in [4.78, 5) is 33.1. The normalized spacial score (nSPS) is 14.8. The van der Waals surface area contributed by atoms with E-state index in [0.29, 0.717) is 29.8 Å². The highest BCUT2D eigenvalue weighted by Gasteiger charge is 2.30. The lowest BCUT2D eigenvalue weighted by Crippen LogP contribution is -2.48. The van der Waals surface area contributed by atoms with Crippen LogP contribution in [0.15, 0.2) is 77.7 Å². The number of hydrogen-bond acceptors (Lipinski definition) is 7. The minimum atomic E-state index is -0.781. The molecule has 3 aromatic carbocycles. The van der Waals surface area contributed by atoms with Crippen molar-refractivity contribution in [2.45, 2.75) is 51.6 Å². The molecule has 1 saturated heterocycles. The van der Waals surface area contributed by atoms with Crippen LogP contribution >= 0.6 is 0 Å². The van der Waals surface area contributed by atoms with Crippen LogP contribution in [0.5, 0.6) is 0 Å². The Hall–Kier alpha value is -4.47. The van der Waals surface area contributed by atoms with Gasteiger partial charge >= 0.3 is 0 Å². The standard InChI is InChI=1S/C35H42N6O3/c1-23-28(7-6-8-29(23)39-32(42)24-9-11-25(12-10-24)34(2,3)4)30-21-40(5)33(43)31(38-30)37-26-13-15-27(16-14-26)41-19-17-35(44,22-36)18-20-41/h6-16,21,44H,17-20,22,36H2,1-5H3,(H,37,38)(H,39,42). The Morgan fingerprint density at radius 2 is 1.68 bits per heavy atom. The summed E-state index contributed by atoms with van der Waals surface area (Å²) in [5.74, 6) is 0.0149. The van der Waals surface area contributed by atoms with Crippen LogP contribution in [-0.4, -0.2) is 45.8 Å². The molecule has 1 amide bonds. The highest BCUT2D eigenvalue weighted by Crippen LogP contribution is 2.30. The van der Waals surface area contributed by atoms with Gasteiger partial charge in [-0.3, -0.25) is 9.59 Å². The van der Waals surface area contributed by atoms with Crippen LogP contribution in [0.4, 0.5) is 22.9 Å². The number of nitrogens with zero attached hydrogens (tertiary/aromatic N) is 3. The lowest BCUT2D eigenvalue weighted by atomic mass is 9.86. The molecule has 1 fully saturated rings. The molecule has 4 aromatic rings. The second kappa shape index (κ2) is 12.3. The lowest BCUT2D eigenvalue weighted by Gasteiger charge is -2.38. The number of aryl methyl sites for hydroxylation is 1. The molecule has 1 aromatic heterocycles. The zero-order valence-corrected chi connectivity index (χ0v) is 26.1. The van der Waals surface area contributed by atoms with E-state index in [4.69, 9.17) is 10.7 Å². The molecule has 9 nitrogen and oxygen atoms in total. The van der Waals surface area contributed by atoms with Gasteiger partial charge in [-0.15, -0.1) is 0 Å². The van der Waals surface area contributed by atoms with Gasteiger partial charge in [-0.25, -0.2) is 4.98 Å². The molecule has 5 rings (SSSR count). The molecule has 0 unspecified atom stereocenters. The first-order chi connectivity index (χ1) is 20.9. The fourth-order valence-electron chi connectivity index (χ4n) is 5.46. The Morgan fingerprint density at radius 3 is 2.30 bits per heavy atom. The summed E-state index contributed by atoms with van der Waals surface area (Å²) in [7, 11) is 1.70. The average molecular weight is 595 g/mol. The number of rotatable bonds is 7. The zero-order valence-electron chi connectivity index (χ0n) is 26.1. The van der Waals surface area contributed by atoms with Crippen molar-refractivity contribution in [3.05, 3.63) is 100.0 Å². The smallest absolute Gasteiger partial charge is 0.293 e. The second-order valence-corrected chi connectivity index (χ2v) is 12.7. The van der Waals surface area contributed by atoms with E-state index in [9.17, 15) is 14.7 Å². The maximum atomic E-state index is 13.1. The predicted molar refractivity (Wildman–Crippen MR) is 178 cm³/mol. The van der Waals surface area contributed by atoms with Crippen LogP contribution in [0.2, 0.25) is 0 Å². The summed E-state index contributed by atoms with van der Waals surface area (Å²) in [5.41, 5.74) is 11.2. The third-order valence-corrected chi connectivity index (χ3v) is 8.51. The Bertz CT molecular complexity index is 1700. The van der Waals surface area contributed by atoms with Gasteiger partial charge in [-0.2, -0.15) is 0 Å². The summed E-state index contributed by atoms with van der Waals surface area (Å²) < 4.78 is 1.51. The largest absolute Gasteiger partial charge is 0.388 e. The van der Waals surface area contributed by atoms with Crippen LogP contribution in [0.1, 0.15) is 55.1 Å². The minimum absolute atomic E-state index is 0.00707. The fraction of sp³-hybridized carbons (Fsp3) is 0.343. The third kappa shape index (κ3) is 6.69. The molecule has 2 heterocycles. The third-order valence-electron chi connectivity index (χ3n) is 8.51. The van der Waals surface area contributed by atoms with Crippen molar-refractivity contribution in [3.8, 4) is 11.3 Å². The number of hydrogen-bond donors (Lipinski definition) is 4. The highest BCUT2D eigenvalue weighted by molar-refractivity contribution is 6.05. The van der Waals surface area contributed by atoms with Gasteiger partial charge in [0.15, 0.2) is 5.82 Å². The molecule has 9 heteroatoms. The van der Waals surface area contributed by atoms with Crippen molar-refractivity contribution in [3.63, 3.8) is 0 Å². The predicted octanol–water partition coefficient (Wildman–Crippen LogP) is 5.34. The summed E-state index contributed by atoms with van der Waals surface area (Å²) >= 11 is 0. The second-order valence-electron chi connectivity index (χ2n) is 12.7. The van der Waals surface area contributed by atoms with Gasteiger partial charge in [0, 0.05) is 61.1 Å². The van der Waals surface area contributed by atoms with E-state index in [1.807, 2.05) is 73.7 Å². The molecular formula is C35H42N6O3. The molecule has 5 N–H and O–H groups in total. The molecule has 0 aliphatic carbocycles. The molecule has 0 radical (unpaired) electrons. The van der Waals surface area contributed by atoms with Gasteiger partial charge in [0.05, 0.1) is 11.3 Å². The average Bonchev–Trinajstić information content (AvgIpc) is 3.01. The van der Waals surface area contributed by atoms with Gasteiger partial charge in [-0.05, 0) is 78.8 Å². The first kappa shape index (κ1) is 31.0. The number of piperidine rings is 1. The fourth-order valence-corrected chi connectivity index (χ4v) is 5.46. The molecule has 0 bridgehead atoms. The van der Waals surface area contributed by atoms with E-state index < -0.39 is 5.60 Å². The van der Waals surface area contributed by atoms with Crippen molar-refractivity contribution in [1.82, 2.24) is 9.55 Å². The molecule has 1 aliphatic rings. The van der Waals surface area contributed by atoms with Gasteiger partial charge in [0.2, 0.25) is 0 Å². The number of carbonyl (C=O) groups excluding carboxylic acids is 1. The molecular weight excluding hydrogens is 552 g/mol. The molecule has 230 valence electrons. The number of carbonyl (C=O) groups is 1. The Kier molecular flexibility index (Phi) is 8.63. The van der Waals surface area contributed by atoms with E-state index in [2.05, 4.69) is 36.3 Å². The van der Waals surface area contributed by atoms with Crippen molar-refractivity contribution >= 4 is 28.8 Å². The van der Waals surface area contributed by atoms with Crippen molar-refractivity contribution < 1.29 is 9.90 Å². The van der Waals surface area contributed by atoms with Crippen LogP contribution < -0.4 is 26.8 Å². The maximum absolute atomic E-state index is 13.1. The molecule has 0 atom stereocenters. The van der Waals surface area contributed by atoms with Crippen molar-refractivity contribution in [2.24, 2.45) is 12.8 Å². The Labute approximate surface area is 258 Å². The topological polar surface area (TPSA) is 126 Å². The number of nitrogens with one attached hydrogen (secondary N) is 2. The SMILES string of the molecule is Cc1c(NC(=O)c2ccc(C(C)(C)C)cc2)cccc1-c1cn(C)c(=O)c(Nc2ccc(N3CCC(O)(CN)CC3)cc2)n1. The van der Waals surface area contributed by atoms with Crippen LogP contribution in [-0.2, 0) is 12.5 Å². The Morgan fingerprint density at radius 1 is 1.02 bits per heavy atom. The number of nitrogens with two attached hydrogens (primary N) is 1. The first-order valence-electron chi connectivity index (χ1n) is 15.0. The van der Waals surface area contributed by atoms with Gasteiger partial charge < -0.3 is 30.9 Å². The molecule has 1 aliphatic heterocycles. The van der Waals surface area contributed by atoms with Crippen LogP contribution in [0, 0.1) is 6.92 Å². The Balaban J connectivity index is 1.34. The van der Waals surface area contributed by atoms with E-state index in [1.54, 1.807) is 13.2 Å². The lowest BCUT2D eigenvalue weighted by molar-refractivity contribution is 0.0250. The number of aliphatic hydroxyl groups is 1. The summed E-state index contributed by atoms with van der Waals surface area (Å²) in [5, 5.41) is 16.7. The summed E-state index contributed by atoms with van der Waals surface area (Å²) in [6.45, 7) is 10.1. The quantitative estimate of drug-likeness (QED) is 0.228. The van der Waals surface area contributed by atoms with E-state index in [1.165, 1.54) is 4.57 Å². The first-order valence-corrected chi connectivity index (χ1v) is 15.0. The van der Waals surface area contributed by atoms with Crippen LogP contribution in [0.3, 0.4) is 0 Å². The molecule has 0 saturated carbocycles. The van der Waals surface area contributed by atoms with Gasteiger partial charge in [0.25, 0.3) is 11.5 Å². The molecule has 44 heavy (non-hydrogen) atoms.